The lowest BCUT2D eigenvalue weighted by atomic mass is 10.3. The van der Waals surface area contributed by atoms with Crippen LogP contribution in [0.4, 0.5) is 11.5 Å². The molecular weight excluding hydrogens is 256 g/mol. The summed E-state index contributed by atoms with van der Waals surface area (Å²) in [7, 11) is 1.85. The number of rotatable bonds is 5. The molecule has 1 aromatic heterocycles. The van der Waals surface area contributed by atoms with E-state index in [2.05, 4.69) is 20.6 Å². The summed E-state index contributed by atoms with van der Waals surface area (Å²) in [5.74, 6) is 1.36. The van der Waals surface area contributed by atoms with Crippen LogP contribution < -0.4 is 15.4 Å². The first-order valence-electron chi connectivity index (χ1n) is 6.29. The number of anilines is 2. The number of aromatic nitrogens is 2. The number of carbonyl (C=O) groups is 1. The van der Waals surface area contributed by atoms with Crippen molar-refractivity contribution in [2.45, 2.75) is 13.3 Å². The minimum absolute atomic E-state index is 0.104. The van der Waals surface area contributed by atoms with E-state index in [4.69, 9.17) is 4.74 Å². The van der Waals surface area contributed by atoms with Crippen LogP contribution in [0.15, 0.2) is 36.7 Å². The van der Waals surface area contributed by atoms with Gasteiger partial charge in [-0.2, -0.15) is 0 Å². The summed E-state index contributed by atoms with van der Waals surface area (Å²) in [5.41, 5.74) is 0.996. The van der Waals surface area contributed by atoms with Gasteiger partial charge in [-0.3, -0.25) is 4.79 Å². The Morgan fingerprint density at radius 3 is 2.65 bits per heavy atom. The highest BCUT2D eigenvalue weighted by Crippen LogP contribution is 2.22. The molecule has 1 heterocycles. The summed E-state index contributed by atoms with van der Waals surface area (Å²) in [5, 5.41) is 5.68. The van der Waals surface area contributed by atoms with Gasteiger partial charge in [-0.1, -0.05) is 6.92 Å². The van der Waals surface area contributed by atoms with Gasteiger partial charge >= 0.3 is 0 Å². The molecule has 0 aliphatic carbocycles. The molecule has 0 bridgehead atoms. The molecule has 1 aromatic carbocycles. The summed E-state index contributed by atoms with van der Waals surface area (Å²) >= 11 is 0. The number of nitrogens with zero attached hydrogens (tertiary/aromatic N) is 2. The van der Waals surface area contributed by atoms with Crippen LogP contribution in [0.1, 0.15) is 13.3 Å². The van der Waals surface area contributed by atoms with Crippen LogP contribution in [-0.4, -0.2) is 22.9 Å². The Labute approximate surface area is 117 Å². The lowest BCUT2D eigenvalue weighted by molar-refractivity contribution is -0.115. The normalized spacial score (nSPS) is 9.90. The Kier molecular flexibility index (Phi) is 4.49. The maximum Gasteiger partial charge on any atom is 0.225 e. The van der Waals surface area contributed by atoms with E-state index in [9.17, 15) is 4.79 Å². The molecule has 0 aliphatic heterocycles. The summed E-state index contributed by atoms with van der Waals surface area (Å²) in [6, 6.07) is 9.04. The monoisotopic (exact) mass is 272 g/mol. The van der Waals surface area contributed by atoms with Crippen molar-refractivity contribution in [1.82, 2.24) is 9.97 Å². The van der Waals surface area contributed by atoms with E-state index < -0.39 is 0 Å². The van der Waals surface area contributed by atoms with Crippen molar-refractivity contribution in [2.75, 3.05) is 17.7 Å². The Morgan fingerprint density at radius 2 is 2.00 bits per heavy atom. The molecule has 6 nitrogen and oxygen atoms in total. The number of ether oxygens (including phenoxy) is 1. The first kappa shape index (κ1) is 13.8. The van der Waals surface area contributed by atoms with Crippen LogP contribution in [0.2, 0.25) is 0 Å². The fourth-order valence-electron chi connectivity index (χ4n) is 1.51. The second kappa shape index (κ2) is 6.51. The van der Waals surface area contributed by atoms with Gasteiger partial charge in [-0.05, 0) is 24.3 Å². The molecule has 0 radical (unpaired) electrons. The van der Waals surface area contributed by atoms with Crippen molar-refractivity contribution in [3.63, 3.8) is 0 Å². The quantitative estimate of drug-likeness (QED) is 0.875. The maximum atomic E-state index is 11.3. The average molecular weight is 272 g/mol. The molecule has 6 heteroatoms. The zero-order chi connectivity index (χ0) is 14.4. The minimum atomic E-state index is -0.104. The van der Waals surface area contributed by atoms with Gasteiger partial charge in [0.25, 0.3) is 0 Å². The molecule has 0 unspecified atom stereocenters. The van der Waals surface area contributed by atoms with Crippen LogP contribution in [0.5, 0.6) is 11.6 Å². The molecule has 0 fully saturated rings. The van der Waals surface area contributed by atoms with Crippen molar-refractivity contribution in [3.8, 4) is 11.6 Å². The van der Waals surface area contributed by atoms with Gasteiger partial charge in [0.2, 0.25) is 11.8 Å². The lowest BCUT2D eigenvalue weighted by Crippen LogP contribution is -2.10. The second-order valence-electron chi connectivity index (χ2n) is 4.02. The van der Waals surface area contributed by atoms with Gasteiger partial charge in [0.15, 0.2) is 0 Å². The van der Waals surface area contributed by atoms with Crippen molar-refractivity contribution in [1.29, 1.82) is 0 Å². The lowest BCUT2D eigenvalue weighted by Gasteiger charge is -2.07. The first-order chi connectivity index (χ1) is 9.71. The molecule has 0 aliphatic rings. The van der Waals surface area contributed by atoms with E-state index in [0.717, 1.165) is 5.69 Å². The fraction of sp³-hybridized carbons (Fsp3) is 0.214. The third kappa shape index (κ3) is 3.68. The number of hydrogen-bond donors (Lipinski definition) is 2. The van der Waals surface area contributed by atoms with Crippen LogP contribution >= 0.6 is 0 Å². The number of carbonyl (C=O) groups excluding carboxylic acids is 1. The Hall–Kier alpha value is -2.63. The SMILES string of the molecule is CCC(=O)Nc1cc(Oc2ccc(NC)cc2)ncn1. The van der Waals surface area contributed by atoms with Gasteiger partial charge < -0.3 is 15.4 Å². The van der Waals surface area contributed by atoms with Crippen LogP contribution in [0.3, 0.4) is 0 Å². The molecule has 2 rings (SSSR count). The van der Waals surface area contributed by atoms with E-state index in [0.29, 0.717) is 23.9 Å². The molecule has 20 heavy (non-hydrogen) atoms. The zero-order valence-electron chi connectivity index (χ0n) is 11.4. The standard InChI is InChI=1S/C14H16N4O2/c1-3-13(19)18-12-8-14(17-9-16-12)20-11-6-4-10(15-2)5-7-11/h4-9,15H,3H2,1-2H3,(H,16,17,18,19). The molecular formula is C14H16N4O2. The van der Waals surface area contributed by atoms with Crippen molar-refractivity contribution in [3.05, 3.63) is 36.7 Å². The predicted octanol–water partition coefficient (Wildman–Crippen LogP) is 2.66. The van der Waals surface area contributed by atoms with E-state index in [1.807, 2.05) is 31.3 Å². The van der Waals surface area contributed by atoms with Crippen molar-refractivity contribution in [2.24, 2.45) is 0 Å². The summed E-state index contributed by atoms with van der Waals surface area (Å²) in [6.07, 6.45) is 1.74. The average Bonchev–Trinajstić information content (AvgIpc) is 2.48. The topological polar surface area (TPSA) is 76.1 Å². The molecule has 0 spiro atoms. The van der Waals surface area contributed by atoms with E-state index in [1.165, 1.54) is 6.33 Å². The number of nitrogens with one attached hydrogen (secondary N) is 2. The molecule has 2 aromatic rings. The molecule has 1 amide bonds. The third-order valence-electron chi connectivity index (χ3n) is 2.60. The number of hydrogen-bond acceptors (Lipinski definition) is 5. The summed E-state index contributed by atoms with van der Waals surface area (Å²) in [4.78, 5) is 19.3. The third-order valence-corrected chi connectivity index (χ3v) is 2.60. The highest BCUT2D eigenvalue weighted by atomic mass is 16.5. The van der Waals surface area contributed by atoms with E-state index in [-0.39, 0.29) is 5.91 Å². The molecule has 0 saturated heterocycles. The van der Waals surface area contributed by atoms with Crippen molar-refractivity contribution < 1.29 is 9.53 Å². The fourth-order valence-corrected chi connectivity index (χ4v) is 1.51. The molecule has 104 valence electrons. The zero-order valence-corrected chi connectivity index (χ0v) is 11.4. The van der Waals surface area contributed by atoms with Gasteiger partial charge in [-0.25, -0.2) is 9.97 Å². The van der Waals surface area contributed by atoms with Crippen LogP contribution in [0, 0.1) is 0 Å². The molecule has 0 saturated carbocycles. The van der Waals surface area contributed by atoms with Crippen LogP contribution in [-0.2, 0) is 4.79 Å². The smallest absolute Gasteiger partial charge is 0.225 e. The molecule has 2 N–H and O–H groups in total. The second-order valence-corrected chi connectivity index (χ2v) is 4.02. The summed E-state index contributed by atoms with van der Waals surface area (Å²) < 4.78 is 5.60. The summed E-state index contributed by atoms with van der Waals surface area (Å²) in [6.45, 7) is 1.78. The van der Waals surface area contributed by atoms with Crippen LogP contribution in [0.25, 0.3) is 0 Å². The Morgan fingerprint density at radius 1 is 1.25 bits per heavy atom. The Balaban J connectivity index is 2.08. The maximum absolute atomic E-state index is 11.3. The highest BCUT2D eigenvalue weighted by Gasteiger charge is 2.04. The highest BCUT2D eigenvalue weighted by molar-refractivity contribution is 5.89. The number of benzene rings is 1. The van der Waals surface area contributed by atoms with Gasteiger partial charge in [-0.15, -0.1) is 0 Å². The van der Waals surface area contributed by atoms with Gasteiger partial charge in [0.05, 0.1) is 0 Å². The van der Waals surface area contributed by atoms with E-state index in [1.54, 1.807) is 13.0 Å². The van der Waals surface area contributed by atoms with Crippen molar-refractivity contribution >= 4 is 17.4 Å². The van der Waals surface area contributed by atoms with Gasteiger partial charge in [0, 0.05) is 25.2 Å². The number of amides is 1. The van der Waals surface area contributed by atoms with Gasteiger partial charge in [0.1, 0.15) is 17.9 Å². The Bertz CT molecular complexity index is 584. The largest absolute Gasteiger partial charge is 0.439 e. The molecule has 0 atom stereocenters. The minimum Gasteiger partial charge on any atom is -0.439 e. The predicted molar refractivity (Wildman–Crippen MR) is 77.0 cm³/mol. The first-order valence-corrected chi connectivity index (χ1v) is 6.29. The van der Waals surface area contributed by atoms with E-state index >= 15 is 0 Å².